The molecule has 0 spiro atoms. The highest BCUT2D eigenvalue weighted by Gasteiger charge is 2.16. The van der Waals surface area contributed by atoms with Crippen molar-refractivity contribution < 1.29 is 0 Å². The summed E-state index contributed by atoms with van der Waals surface area (Å²) < 4.78 is 2.18. The third-order valence-corrected chi connectivity index (χ3v) is 2.34. The molecule has 0 amide bonds. The van der Waals surface area contributed by atoms with Gasteiger partial charge in [-0.3, -0.25) is 4.98 Å². The van der Waals surface area contributed by atoms with Crippen LogP contribution in [0.15, 0.2) is 24.7 Å². The van der Waals surface area contributed by atoms with Crippen LogP contribution in [-0.4, -0.2) is 9.55 Å². The second-order valence-corrected chi connectivity index (χ2v) is 4.52. The number of nitrogen functional groups attached to an aromatic ring is 1. The molecule has 2 aromatic rings. The first-order chi connectivity index (χ1) is 6.50. The van der Waals surface area contributed by atoms with Gasteiger partial charge in [-0.15, -0.1) is 0 Å². The maximum Gasteiger partial charge on any atom is 0.0750 e. The van der Waals surface area contributed by atoms with Crippen LogP contribution in [0.2, 0.25) is 0 Å². The fourth-order valence-electron chi connectivity index (χ4n) is 1.68. The number of nitrogens with zero attached hydrogens (tertiary/aromatic N) is 2. The lowest BCUT2D eigenvalue weighted by atomic mass is 10.1. The Morgan fingerprint density at radius 2 is 2.00 bits per heavy atom. The molecular weight excluding hydrogens is 174 g/mol. The van der Waals surface area contributed by atoms with Gasteiger partial charge >= 0.3 is 0 Å². The van der Waals surface area contributed by atoms with Crippen LogP contribution in [-0.2, 0) is 5.54 Å². The zero-order valence-corrected chi connectivity index (χ0v) is 8.78. The van der Waals surface area contributed by atoms with Crippen molar-refractivity contribution in [1.29, 1.82) is 0 Å². The third-order valence-electron chi connectivity index (χ3n) is 2.34. The molecule has 0 saturated carbocycles. The monoisotopic (exact) mass is 189 g/mol. The SMILES string of the molecule is CC(C)(C)n1ccc2cncc(N)c21. The van der Waals surface area contributed by atoms with Gasteiger partial charge in [0.1, 0.15) is 0 Å². The Kier molecular flexibility index (Phi) is 1.77. The molecule has 3 heteroatoms. The van der Waals surface area contributed by atoms with Gasteiger partial charge < -0.3 is 10.3 Å². The van der Waals surface area contributed by atoms with E-state index in [0.717, 1.165) is 16.6 Å². The highest BCUT2D eigenvalue weighted by atomic mass is 15.0. The van der Waals surface area contributed by atoms with Gasteiger partial charge in [-0.05, 0) is 26.8 Å². The van der Waals surface area contributed by atoms with Crippen molar-refractivity contribution in [2.45, 2.75) is 26.3 Å². The van der Waals surface area contributed by atoms with Crippen LogP contribution in [0.4, 0.5) is 5.69 Å². The van der Waals surface area contributed by atoms with Crippen molar-refractivity contribution in [3.63, 3.8) is 0 Å². The molecule has 0 bridgehead atoms. The van der Waals surface area contributed by atoms with E-state index < -0.39 is 0 Å². The van der Waals surface area contributed by atoms with E-state index in [0.29, 0.717) is 0 Å². The molecule has 0 radical (unpaired) electrons. The van der Waals surface area contributed by atoms with E-state index >= 15 is 0 Å². The molecule has 2 N–H and O–H groups in total. The molecule has 2 heterocycles. The maximum absolute atomic E-state index is 5.91. The molecular formula is C11H15N3. The molecule has 0 aromatic carbocycles. The van der Waals surface area contributed by atoms with Gasteiger partial charge in [-0.25, -0.2) is 0 Å². The van der Waals surface area contributed by atoms with Crippen LogP contribution in [0.3, 0.4) is 0 Å². The van der Waals surface area contributed by atoms with Gasteiger partial charge in [0.05, 0.1) is 17.4 Å². The summed E-state index contributed by atoms with van der Waals surface area (Å²) in [6, 6.07) is 2.05. The molecule has 0 fully saturated rings. The molecule has 2 rings (SSSR count). The normalized spacial score (nSPS) is 12.2. The number of rotatable bonds is 0. The average molecular weight is 189 g/mol. The maximum atomic E-state index is 5.91. The number of pyridine rings is 1. The number of aromatic nitrogens is 2. The summed E-state index contributed by atoms with van der Waals surface area (Å²) >= 11 is 0. The summed E-state index contributed by atoms with van der Waals surface area (Å²) in [6.07, 6.45) is 5.60. The molecule has 74 valence electrons. The fourth-order valence-corrected chi connectivity index (χ4v) is 1.68. The topological polar surface area (TPSA) is 43.8 Å². The van der Waals surface area contributed by atoms with Gasteiger partial charge in [-0.1, -0.05) is 0 Å². The number of anilines is 1. The van der Waals surface area contributed by atoms with E-state index in [1.807, 2.05) is 12.3 Å². The quantitative estimate of drug-likeness (QED) is 0.691. The number of hydrogen-bond acceptors (Lipinski definition) is 2. The molecule has 0 aliphatic rings. The minimum Gasteiger partial charge on any atom is -0.396 e. The fraction of sp³-hybridized carbons (Fsp3) is 0.364. The standard InChI is InChI=1S/C11H15N3/c1-11(2,3)14-5-4-8-6-13-7-9(12)10(8)14/h4-7H,12H2,1-3H3. The average Bonchev–Trinajstić information content (AvgIpc) is 2.47. The number of nitrogens with two attached hydrogens (primary N) is 1. The summed E-state index contributed by atoms with van der Waals surface area (Å²) in [5, 5.41) is 1.10. The Hall–Kier alpha value is -1.51. The second-order valence-electron chi connectivity index (χ2n) is 4.52. The highest BCUT2D eigenvalue weighted by Crippen LogP contribution is 2.26. The van der Waals surface area contributed by atoms with Crippen molar-refractivity contribution in [3.05, 3.63) is 24.7 Å². The van der Waals surface area contributed by atoms with Gasteiger partial charge in [0.2, 0.25) is 0 Å². The Morgan fingerprint density at radius 1 is 1.29 bits per heavy atom. The largest absolute Gasteiger partial charge is 0.396 e. The van der Waals surface area contributed by atoms with Crippen LogP contribution in [0, 0.1) is 0 Å². The molecule has 0 saturated heterocycles. The molecule has 0 unspecified atom stereocenters. The first-order valence-corrected chi connectivity index (χ1v) is 4.71. The summed E-state index contributed by atoms with van der Waals surface area (Å²) in [4.78, 5) is 4.07. The predicted octanol–water partition coefficient (Wildman–Crippen LogP) is 2.37. The zero-order valence-electron chi connectivity index (χ0n) is 8.78. The van der Waals surface area contributed by atoms with E-state index in [2.05, 4.69) is 36.5 Å². The Labute approximate surface area is 83.6 Å². The van der Waals surface area contributed by atoms with Crippen LogP contribution in [0.5, 0.6) is 0 Å². The second kappa shape index (κ2) is 2.74. The first kappa shape index (κ1) is 9.06. The highest BCUT2D eigenvalue weighted by molar-refractivity contribution is 5.89. The molecule has 0 aliphatic heterocycles. The van der Waals surface area contributed by atoms with E-state index in [-0.39, 0.29) is 5.54 Å². The lowest BCUT2D eigenvalue weighted by Crippen LogP contribution is -2.20. The van der Waals surface area contributed by atoms with Crippen molar-refractivity contribution >= 4 is 16.6 Å². The van der Waals surface area contributed by atoms with Crippen LogP contribution >= 0.6 is 0 Å². The molecule has 3 nitrogen and oxygen atoms in total. The third kappa shape index (κ3) is 1.25. The van der Waals surface area contributed by atoms with Gasteiger partial charge in [0, 0.05) is 23.3 Å². The Bertz CT molecular complexity index is 463. The lowest BCUT2D eigenvalue weighted by molar-refractivity contribution is 0.411. The van der Waals surface area contributed by atoms with Crippen molar-refractivity contribution in [2.24, 2.45) is 0 Å². The van der Waals surface area contributed by atoms with Crippen LogP contribution in [0.25, 0.3) is 10.9 Å². The van der Waals surface area contributed by atoms with Crippen LogP contribution in [0.1, 0.15) is 20.8 Å². The summed E-state index contributed by atoms with van der Waals surface area (Å²) in [5.74, 6) is 0. The number of hydrogen-bond donors (Lipinski definition) is 1. The lowest BCUT2D eigenvalue weighted by Gasteiger charge is -2.23. The minimum atomic E-state index is 0.0528. The van der Waals surface area contributed by atoms with Gasteiger partial charge in [-0.2, -0.15) is 0 Å². The van der Waals surface area contributed by atoms with Crippen molar-refractivity contribution in [3.8, 4) is 0 Å². The summed E-state index contributed by atoms with van der Waals surface area (Å²) in [6.45, 7) is 6.48. The predicted molar refractivity (Wildman–Crippen MR) is 59.1 cm³/mol. The first-order valence-electron chi connectivity index (χ1n) is 4.71. The Morgan fingerprint density at radius 3 is 2.64 bits per heavy atom. The molecule has 14 heavy (non-hydrogen) atoms. The Balaban J connectivity index is 2.80. The van der Waals surface area contributed by atoms with Crippen molar-refractivity contribution in [2.75, 3.05) is 5.73 Å². The van der Waals surface area contributed by atoms with E-state index in [9.17, 15) is 0 Å². The van der Waals surface area contributed by atoms with Gasteiger partial charge in [0.15, 0.2) is 0 Å². The number of fused-ring (bicyclic) bond motifs is 1. The van der Waals surface area contributed by atoms with Gasteiger partial charge in [0.25, 0.3) is 0 Å². The molecule has 0 aliphatic carbocycles. The molecule has 2 aromatic heterocycles. The van der Waals surface area contributed by atoms with Crippen LogP contribution < -0.4 is 5.73 Å². The molecule has 0 atom stereocenters. The summed E-state index contributed by atoms with van der Waals surface area (Å²) in [7, 11) is 0. The van der Waals surface area contributed by atoms with E-state index in [4.69, 9.17) is 5.73 Å². The minimum absolute atomic E-state index is 0.0528. The smallest absolute Gasteiger partial charge is 0.0750 e. The van der Waals surface area contributed by atoms with E-state index in [1.54, 1.807) is 6.20 Å². The summed E-state index contributed by atoms with van der Waals surface area (Å²) in [5.41, 5.74) is 7.78. The zero-order chi connectivity index (χ0) is 10.3. The van der Waals surface area contributed by atoms with E-state index in [1.165, 1.54) is 0 Å². The van der Waals surface area contributed by atoms with Crippen molar-refractivity contribution in [1.82, 2.24) is 9.55 Å².